The fraction of sp³-hybridized carbons (Fsp3) is 0.176. The lowest BCUT2D eigenvalue weighted by molar-refractivity contribution is 0.404. The molecule has 2 heterocycles. The van der Waals surface area contributed by atoms with Gasteiger partial charge in [0, 0.05) is 16.5 Å². The number of aromatic nitrogens is 1. The highest BCUT2D eigenvalue weighted by Gasteiger charge is 2.16. The van der Waals surface area contributed by atoms with E-state index in [9.17, 15) is 0 Å². The monoisotopic (exact) mass is 406 g/mol. The summed E-state index contributed by atoms with van der Waals surface area (Å²) < 4.78 is 11.9. The van der Waals surface area contributed by atoms with Gasteiger partial charge in [0.25, 0.3) is 0 Å². The molecule has 0 spiro atoms. The van der Waals surface area contributed by atoms with E-state index in [-0.39, 0.29) is 5.96 Å². The number of thiazole rings is 1. The molecule has 0 atom stereocenters. The molecule has 6 nitrogen and oxygen atoms in total. The molecule has 0 aliphatic rings. The Hall–Kier alpha value is -2.23. The van der Waals surface area contributed by atoms with Gasteiger partial charge in [-0.1, -0.05) is 0 Å². The Bertz CT molecular complexity index is 945. The van der Waals surface area contributed by atoms with Crippen LogP contribution in [0.3, 0.4) is 0 Å². The van der Waals surface area contributed by atoms with E-state index in [4.69, 9.17) is 25.9 Å². The Labute approximate surface area is 163 Å². The Balaban J connectivity index is 2.04. The van der Waals surface area contributed by atoms with Crippen LogP contribution in [0.2, 0.25) is 0 Å². The Morgan fingerprint density at radius 3 is 2.62 bits per heavy atom. The zero-order chi connectivity index (χ0) is 18.7. The average molecular weight is 407 g/mol. The van der Waals surface area contributed by atoms with Crippen molar-refractivity contribution in [2.45, 2.75) is 4.21 Å². The fourth-order valence-corrected chi connectivity index (χ4v) is 5.10. The quantitative estimate of drug-likeness (QED) is 0.362. The second kappa shape index (κ2) is 7.98. The first-order chi connectivity index (χ1) is 12.5. The third kappa shape index (κ3) is 3.79. The van der Waals surface area contributed by atoms with Crippen LogP contribution in [0.1, 0.15) is 0 Å². The fourth-order valence-electron chi connectivity index (χ4n) is 2.38. The van der Waals surface area contributed by atoms with Crippen molar-refractivity contribution in [1.82, 2.24) is 4.98 Å². The number of rotatable bonds is 6. The first-order valence-electron chi connectivity index (χ1n) is 7.51. The highest BCUT2D eigenvalue weighted by molar-refractivity contribution is 8.00. The first kappa shape index (κ1) is 18.6. The minimum Gasteiger partial charge on any atom is -0.497 e. The van der Waals surface area contributed by atoms with E-state index in [1.54, 1.807) is 37.3 Å². The minimum absolute atomic E-state index is 0.0476. The van der Waals surface area contributed by atoms with Gasteiger partial charge in [-0.2, -0.15) is 0 Å². The second-order valence-corrected chi connectivity index (χ2v) is 8.09. The van der Waals surface area contributed by atoms with Gasteiger partial charge < -0.3 is 20.9 Å². The molecule has 0 amide bonds. The average Bonchev–Trinajstić information content (AvgIpc) is 3.27. The van der Waals surface area contributed by atoms with Crippen molar-refractivity contribution < 1.29 is 9.47 Å². The molecule has 0 aliphatic carbocycles. The zero-order valence-corrected chi connectivity index (χ0v) is 16.9. The van der Waals surface area contributed by atoms with Crippen LogP contribution in [0.15, 0.2) is 38.8 Å². The molecule has 0 saturated carbocycles. The van der Waals surface area contributed by atoms with Gasteiger partial charge in [-0.05, 0) is 30.5 Å². The number of hydrogen-bond acceptors (Lipinski definition) is 7. The van der Waals surface area contributed by atoms with Crippen LogP contribution in [0.4, 0.5) is 5.00 Å². The number of nitrogens with zero attached hydrogens (tertiary/aromatic N) is 2. The van der Waals surface area contributed by atoms with E-state index in [1.807, 2.05) is 35.9 Å². The van der Waals surface area contributed by atoms with Crippen LogP contribution in [-0.4, -0.2) is 31.4 Å². The molecule has 0 aliphatic heterocycles. The van der Waals surface area contributed by atoms with Crippen molar-refractivity contribution in [3.63, 3.8) is 0 Å². The van der Waals surface area contributed by atoms with E-state index in [0.717, 1.165) is 42.5 Å². The number of aliphatic imine (C=N–C) groups is 1. The third-order valence-electron chi connectivity index (χ3n) is 3.53. The highest BCUT2D eigenvalue weighted by Crippen LogP contribution is 2.44. The number of thioether (sulfide) groups is 1. The zero-order valence-electron chi connectivity index (χ0n) is 14.5. The summed E-state index contributed by atoms with van der Waals surface area (Å²) in [5.74, 6) is 1.55. The molecule has 0 bridgehead atoms. The van der Waals surface area contributed by atoms with Gasteiger partial charge in [-0.15, -0.1) is 34.4 Å². The van der Waals surface area contributed by atoms with Crippen molar-refractivity contribution >= 4 is 45.4 Å². The molecule has 0 fully saturated rings. The topological polar surface area (TPSA) is 95.8 Å². The minimum atomic E-state index is 0.0476. The molecule has 136 valence electrons. The van der Waals surface area contributed by atoms with Crippen LogP contribution in [-0.2, 0) is 0 Å². The van der Waals surface area contributed by atoms with Crippen molar-refractivity contribution in [2.75, 3.05) is 20.5 Å². The first-order valence-corrected chi connectivity index (χ1v) is 10.4. The summed E-state index contributed by atoms with van der Waals surface area (Å²) in [6.07, 6.45) is 2.02. The summed E-state index contributed by atoms with van der Waals surface area (Å²) in [6, 6.07) is 7.62. The van der Waals surface area contributed by atoms with Crippen LogP contribution in [0, 0.1) is 0 Å². The maximum Gasteiger partial charge on any atom is 0.191 e. The maximum atomic E-state index is 5.49. The molecule has 0 radical (unpaired) electrons. The lowest BCUT2D eigenvalue weighted by Gasteiger charge is -2.08. The van der Waals surface area contributed by atoms with Crippen LogP contribution in [0.5, 0.6) is 11.5 Å². The second-order valence-electron chi connectivity index (χ2n) is 5.13. The summed E-state index contributed by atoms with van der Waals surface area (Å²) in [5.41, 5.74) is 13.7. The van der Waals surface area contributed by atoms with Crippen molar-refractivity contribution in [2.24, 2.45) is 16.5 Å². The summed E-state index contributed by atoms with van der Waals surface area (Å²) in [5, 5.41) is 3.68. The van der Waals surface area contributed by atoms with Crippen molar-refractivity contribution in [3.05, 3.63) is 29.6 Å². The van der Waals surface area contributed by atoms with Crippen LogP contribution in [0.25, 0.3) is 21.8 Å². The molecule has 9 heteroatoms. The Morgan fingerprint density at radius 2 is 1.96 bits per heavy atom. The molecule has 0 saturated heterocycles. The number of hydrogen-bond donors (Lipinski definition) is 2. The summed E-state index contributed by atoms with van der Waals surface area (Å²) >= 11 is 4.75. The number of methoxy groups -OCH3 is 2. The summed E-state index contributed by atoms with van der Waals surface area (Å²) in [4.78, 5) is 8.95. The number of thiophene rings is 1. The molecule has 4 N–H and O–H groups in total. The van der Waals surface area contributed by atoms with Gasteiger partial charge in [-0.25, -0.2) is 9.98 Å². The largest absolute Gasteiger partial charge is 0.497 e. The van der Waals surface area contributed by atoms with Crippen molar-refractivity contribution in [3.8, 4) is 33.3 Å². The van der Waals surface area contributed by atoms with E-state index >= 15 is 0 Å². The standard InChI is InChI=1S/C17H18N4O2S3/c1-22-9-4-5-13(23-2)10(6-9)12-8-25-15(20-12)11-7-14(21-17(18)19)26-16(11)24-3/h4-8H,1-3H3,(H4,18,19,21). The summed E-state index contributed by atoms with van der Waals surface area (Å²) in [6.45, 7) is 0. The Kier molecular flexibility index (Phi) is 5.70. The van der Waals surface area contributed by atoms with E-state index in [1.165, 1.54) is 11.3 Å². The van der Waals surface area contributed by atoms with Gasteiger partial charge in [0.1, 0.15) is 21.5 Å². The van der Waals surface area contributed by atoms with E-state index < -0.39 is 0 Å². The predicted octanol–water partition coefficient (Wildman–Crippen LogP) is 4.18. The molecule has 3 rings (SSSR count). The van der Waals surface area contributed by atoms with E-state index in [2.05, 4.69) is 4.99 Å². The molecular weight excluding hydrogens is 388 g/mol. The van der Waals surface area contributed by atoms with Gasteiger partial charge in [0.05, 0.1) is 24.1 Å². The lowest BCUT2D eigenvalue weighted by Crippen LogP contribution is -2.21. The smallest absolute Gasteiger partial charge is 0.191 e. The SMILES string of the molecule is COc1ccc(OC)c(-c2csc(-c3cc(N=C(N)N)sc3SC)n2)c1. The molecule has 3 aromatic rings. The number of nitrogens with two attached hydrogens (primary N) is 2. The van der Waals surface area contributed by atoms with Gasteiger partial charge in [0.15, 0.2) is 5.96 Å². The molecule has 2 aromatic heterocycles. The van der Waals surface area contributed by atoms with Gasteiger partial charge >= 0.3 is 0 Å². The van der Waals surface area contributed by atoms with Crippen LogP contribution >= 0.6 is 34.4 Å². The summed E-state index contributed by atoms with van der Waals surface area (Å²) in [7, 11) is 3.28. The van der Waals surface area contributed by atoms with Crippen LogP contribution < -0.4 is 20.9 Å². The molecular formula is C17H18N4O2S3. The number of ether oxygens (including phenoxy) is 2. The third-order valence-corrected chi connectivity index (χ3v) is 6.57. The predicted molar refractivity (Wildman–Crippen MR) is 111 cm³/mol. The lowest BCUT2D eigenvalue weighted by atomic mass is 10.1. The van der Waals surface area contributed by atoms with E-state index in [0.29, 0.717) is 0 Å². The number of guanidine groups is 1. The molecule has 0 unspecified atom stereocenters. The normalized spacial score (nSPS) is 10.6. The Morgan fingerprint density at radius 1 is 1.15 bits per heavy atom. The highest BCUT2D eigenvalue weighted by atomic mass is 32.2. The van der Waals surface area contributed by atoms with Gasteiger partial charge in [0.2, 0.25) is 0 Å². The molecule has 26 heavy (non-hydrogen) atoms. The maximum absolute atomic E-state index is 5.49. The van der Waals surface area contributed by atoms with Gasteiger partial charge in [-0.3, -0.25) is 0 Å². The van der Waals surface area contributed by atoms with Crippen molar-refractivity contribution in [1.29, 1.82) is 0 Å². The number of benzene rings is 1. The molecule has 1 aromatic carbocycles.